The van der Waals surface area contributed by atoms with Gasteiger partial charge in [0.2, 0.25) is 0 Å². The molecule has 128 valence electrons. The first kappa shape index (κ1) is 18.4. The average molecular weight is 378 g/mol. The highest BCUT2D eigenvalue weighted by Gasteiger charge is 2.30. The number of alkyl halides is 3. The Labute approximate surface area is 146 Å². The lowest BCUT2D eigenvalue weighted by Gasteiger charge is -2.15. The van der Waals surface area contributed by atoms with Crippen molar-refractivity contribution in [2.45, 2.75) is 19.2 Å². The van der Waals surface area contributed by atoms with Gasteiger partial charge in [-0.15, -0.1) is 0 Å². The van der Waals surface area contributed by atoms with E-state index in [0.717, 1.165) is 12.1 Å². The van der Waals surface area contributed by atoms with Gasteiger partial charge in [-0.05, 0) is 49.4 Å². The van der Waals surface area contributed by atoms with E-state index in [1.807, 2.05) is 0 Å². The van der Waals surface area contributed by atoms with Gasteiger partial charge in [-0.25, -0.2) is 0 Å². The van der Waals surface area contributed by atoms with Crippen molar-refractivity contribution in [1.82, 2.24) is 0 Å². The molecule has 2 aromatic rings. The summed E-state index contributed by atoms with van der Waals surface area (Å²) in [5.74, 6) is -0.214. The third-order valence-corrected chi connectivity index (χ3v) is 3.43. The van der Waals surface area contributed by atoms with Crippen LogP contribution in [0.4, 0.5) is 18.9 Å². The SMILES string of the molecule is C[C@@H](Oc1cc(Cl)cc(Cl)c1)C(=O)Nc1ccc(C(F)(F)F)cc1. The van der Waals surface area contributed by atoms with Crippen LogP contribution >= 0.6 is 23.2 Å². The van der Waals surface area contributed by atoms with Gasteiger partial charge in [-0.2, -0.15) is 13.2 Å². The summed E-state index contributed by atoms with van der Waals surface area (Å²) >= 11 is 11.7. The molecule has 1 atom stereocenters. The Balaban J connectivity index is 2.01. The van der Waals surface area contributed by atoms with Gasteiger partial charge in [-0.1, -0.05) is 23.2 Å². The molecule has 0 spiro atoms. The fourth-order valence-corrected chi connectivity index (χ4v) is 2.35. The zero-order valence-electron chi connectivity index (χ0n) is 12.3. The lowest BCUT2D eigenvalue weighted by molar-refractivity contribution is -0.137. The number of carbonyl (C=O) groups excluding carboxylic acids is 1. The van der Waals surface area contributed by atoms with Gasteiger partial charge in [-0.3, -0.25) is 4.79 Å². The van der Waals surface area contributed by atoms with Crippen LogP contribution in [0.1, 0.15) is 12.5 Å². The highest BCUT2D eigenvalue weighted by molar-refractivity contribution is 6.34. The van der Waals surface area contributed by atoms with Gasteiger partial charge in [0.05, 0.1) is 5.56 Å². The van der Waals surface area contributed by atoms with Crippen LogP contribution in [-0.4, -0.2) is 12.0 Å². The average Bonchev–Trinajstić information content (AvgIpc) is 2.45. The first-order valence-electron chi connectivity index (χ1n) is 6.76. The highest BCUT2D eigenvalue weighted by Crippen LogP contribution is 2.30. The zero-order valence-corrected chi connectivity index (χ0v) is 13.8. The molecule has 0 saturated carbocycles. The monoisotopic (exact) mass is 377 g/mol. The molecule has 0 radical (unpaired) electrons. The van der Waals surface area contributed by atoms with Crippen LogP contribution in [0, 0.1) is 0 Å². The van der Waals surface area contributed by atoms with Crippen molar-refractivity contribution in [2.75, 3.05) is 5.32 Å². The Morgan fingerprint density at radius 1 is 1.08 bits per heavy atom. The van der Waals surface area contributed by atoms with Crippen molar-refractivity contribution >= 4 is 34.8 Å². The number of rotatable bonds is 4. The molecule has 0 aliphatic carbocycles. The molecular weight excluding hydrogens is 366 g/mol. The largest absolute Gasteiger partial charge is 0.481 e. The number of anilines is 1. The van der Waals surface area contributed by atoms with Crippen molar-refractivity contribution in [3.63, 3.8) is 0 Å². The van der Waals surface area contributed by atoms with Gasteiger partial charge >= 0.3 is 6.18 Å². The summed E-state index contributed by atoms with van der Waals surface area (Å²) in [7, 11) is 0. The van der Waals surface area contributed by atoms with E-state index in [1.165, 1.54) is 37.3 Å². The molecular formula is C16H12Cl2F3NO2. The maximum Gasteiger partial charge on any atom is 0.416 e. The Morgan fingerprint density at radius 2 is 1.62 bits per heavy atom. The summed E-state index contributed by atoms with van der Waals surface area (Å²) < 4.78 is 42.9. The number of halogens is 5. The number of amides is 1. The third-order valence-electron chi connectivity index (χ3n) is 3.00. The van der Waals surface area contributed by atoms with Gasteiger partial charge in [0, 0.05) is 15.7 Å². The van der Waals surface area contributed by atoms with Crippen molar-refractivity contribution in [3.8, 4) is 5.75 Å². The van der Waals surface area contributed by atoms with Crippen LogP contribution in [0.5, 0.6) is 5.75 Å². The van der Waals surface area contributed by atoms with E-state index in [9.17, 15) is 18.0 Å². The van der Waals surface area contributed by atoms with Crippen LogP contribution < -0.4 is 10.1 Å². The Kier molecular flexibility index (Phi) is 5.62. The number of benzene rings is 2. The predicted molar refractivity (Wildman–Crippen MR) is 86.6 cm³/mol. The number of hydrogen-bond donors (Lipinski definition) is 1. The molecule has 0 aliphatic rings. The molecule has 0 fully saturated rings. The minimum absolute atomic E-state index is 0.229. The zero-order chi connectivity index (χ0) is 17.9. The maximum absolute atomic E-state index is 12.5. The second kappa shape index (κ2) is 7.32. The summed E-state index contributed by atoms with van der Waals surface area (Å²) in [4.78, 5) is 12.0. The van der Waals surface area contributed by atoms with E-state index in [4.69, 9.17) is 27.9 Å². The lowest BCUT2D eigenvalue weighted by atomic mass is 10.2. The molecule has 0 saturated heterocycles. The van der Waals surface area contributed by atoms with E-state index in [0.29, 0.717) is 15.8 Å². The molecule has 1 N–H and O–H groups in total. The van der Waals surface area contributed by atoms with E-state index in [2.05, 4.69) is 5.32 Å². The fourth-order valence-electron chi connectivity index (χ4n) is 1.84. The molecule has 0 bridgehead atoms. The van der Waals surface area contributed by atoms with Crippen molar-refractivity contribution in [1.29, 1.82) is 0 Å². The van der Waals surface area contributed by atoms with Crippen LogP contribution in [-0.2, 0) is 11.0 Å². The smallest absolute Gasteiger partial charge is 0.416 e. The van der Waals surface area contributed by atoms with Crippen LogP contribution in [0.25, 0.3) is 0 Å². The standard InChI is InChI=1S/C16H12Cl2F3NO2/c1-9(24-14-7-11(17)6-12(18)8-14)15(23)22-13-4-2-10(3-5-13)16(19,20)21/h2-9H,1H3,(H,22,23)/t9-/m1/s1. The van der Waals surface area contributed by atoms with Crippen molar-refractivity contribution in [3.05, 3.63) is 58.1 Å². The minimum atomic E-state index is -4.43. The van der Waals surface area contributed by atoms with Crippen molar-refractivity contribution in [2.24, 2.45) is 0 Å². The Hall–Kier alpha value is -1.92. The second-order valence-corrected chi connectivity index (χ2v) is 5.80. The number of carbonyl (C=O) groups is 1. The summed E-state index contributed by atoms with van der Waals surface area (Å²) in [6, 6.07) is 8.62. The minimum Gasteiger partial charge on any atom is -0.481 e. The predicted octanol–water partition coefficient (Wildman–Crippen LogP) is 5.42. The van der Waals surface area contributed by atoms with E-state index in [-0.39, 0.29) is 5.69 Å². The molecule has 2 rings (SSSR count). The van der Waals surface area contributed by atoms with E-state index < -0.39 is 23.8 Å². The number of hydrogen-bond acceptors (Lipinski definition) is 2. The molecule has 1 amide bonds. The molecule has 3 nitrogen and oxygen atoms in total. The first-order chi connectivity index (χ1) is 11.1. The summed E-state index contributed by atoms with van der Waals surface area (Å²) in [6.45, 7) is 1.49. The molecule has 0 aromatic heterocycles. The molecule has 0 unspecified atom stereocenters. The highest BCUT2D eigenvalue weighted by atomic mass is 35.5. The quantitative estimate of drug-likeness (QED) is 0.772. The molecule has 0 heterocycles. The fraction of sp³-hybridized carbons (Fsp3) is 0.188. The first-order valence-corrected chi connectivity index (χ1v) is 7.51. The van der Waals surface area contributed by atoms with Gasteiger partial charge in [0.25, 0.3) is 5.91 Å². The summed E-state index contributed by atoms with van der Waals surface area (Å²) in [5.41, 5.74) is -0.564. The topological polar surface area (TPSA) is 38.3 Å². The maximum atomic E-state index is 12.5. The summed E-state index contributed by atoms with van der Waals surface area (Å²) in [5, 5.41) is 3.18. The molecule has 0 aliphatic heterocycles. The van der Waals surface area contributed by atoms with E-state index >= 15 is 0 Å². The Morgan fingerprint density at radius 3 is 2.12 bits per heavy atom. The number of nitrogens with one attached hydrogen (secondary N) is 1. The van der Waals surface area contributed by atoms with Crippen LogP contribution in [0.2, 0.25) is 10.0 Å². The molecule has 24 heavy (non-hydrogen) atoms. The normalized spacial score (nSPS) is 12.6. The van der Waals surface area contributed by atoms with Crippen LogP contribution in [0.15, 0.2) is 42.5 Å². The number of ether oxygens (including phenoxy) is 1. The molecule has 8 heteroatoms. The van der Waals surface area contributed by atoms with Gasteiger partial charge < -0.3 is 10.1 Å². The van der Waals surface area contributed by atoms with E-state index in [1.54, 1.807) is 0 Å². The summed E-state index contributed by atoms with van der Waals surface area (Å²) in [6.07, 6.45) is -5.33. The Bertz CT molecular complexity index is 713. The lowest BCUT2D eigenvalue weighted by Crippen LogP contribution is -2.30. The van der Waals surface area contributed by atoms with Crippen molar-refractivity contribution < 1.29 is 22.7 Å². The van der Waals surface area contributed by atoms with Crippen LogP contribution in [0.3, 0.4) is 0 Å². The molecule has 2 aromatic carbocycles. The third kappa shape index (κ3) is 5.04. The van der Waals surface area contributed by atoms with Gasteiger partial charge in [0.1, 0.15) is 5.75 Å². The second-order valence-electron chi connectivity index (χ2n) is 4.93. The van der Waals surface area contributed by atoms with Gasteiger partial charge in [0.15, 0.2) is 6.10 Å².